The van der Waals surface area contributed by atoms with Gasteiger partial charge in [-0.2, -0.15) is 0 Å². The van der Waals surface area contributed by atoms with E-state index >= 15 is 0 Å². The van der Waals surface area contributed by atoms with Crippen LogP contribution in [0.2, 0.25) is 0 Å². The molecule has 0 saturated carbocycles. The fourth-order valence-corrected chi connectivity index (χ4v) is 1.94. The van der Waals surface area contributed by atoms with Crippen LogP contribution in [0.4, 0.5) is 10.8 Å². The summed E-state index contributed by atoms with van der Waals surface area (Å²) in [4.78, 5) is 25.5. The van der Waals surface area contributed by atoms with E-state index in [1.54, 1.807) is 17.5 Å². The number of anilines is 1. The smallest absolute Gasteiger partial charge is 0.271 e. The van der Waals surface area contributed by atoms with Crippen LogP contribution < -0.4 is 11.1 Å². The number of carbonyl (C=O) groups is 1. The minimum Gasteiger partial charge on any atom is -0.375 e. The van der Waals surface area contributed by atoms with Crippen LogP contribution in [0.15, 0.2) is 29.6 Å². The summed E-state index contributed by atoms with van der Waals surface area (Å²) in [6.45, 7) is 0.272. The lowest BCUT2D eigenvalue weighted by molar-refractivity contribution is -0.384. The van der Waals surface area contributed by atoms with Crippen molar-refractivity contribution in [2.24, 2.45) is 0 Å². The molecule has 1 aromatic heterocycles. The molecule has 0 bridgehead atoms. The van der Waals surface area contributed by atoms with Gasteiger partial charge in [-0.05, 0) is 5.56 Å². The third kappa shape index (κ3) is 3.26. The quantitative estimate of drug-likeness (QED) is 0.651. The molecular formula is C11H10N4O3S. The van der Waals surface area contributed by atoms with Gasteiger partial charge in [-0.25, -0.2) is 4.98 Å². The highest BCUT2D eigenvalue weighted by Gasteiger charge is 2.09. The predicted octanol–water partition coefficient (Wildman–Crippen LogP) is 1.56. The van der Waals surface area contributed by atoms with E-state index in [2.05, 4.69) is 10.3 Å². The van der Waals surface area contributed by atoms with E-state index in [-0.39, 0.29) is 23.8 Å². The van der Waals surface area contributed by atoms with Gasteiger partial charge in [-0.1, -0.05) is 12.1 Å². The van der Waals surface area contributed by atoms with Gasteiger partial charge in [0.2, 0.25) is 0 Å². The van der Waals surface area contributed by atoms with E-state index < -0.39 is 4.92 Å². The Morgan fingerprint density at radius 3 is 2.63 bits per heavy atom. The number of aromatic nitrogens is 1. The molecule has 0 fully saturated rings. The van der Waals surface area contributed by atoms with Crippen LogP contribution in [0.3, 0.4) is 0 Å². The standard InChI is InChI=1S/C11H10N4O3S/c12-11-14-9(6-19-11)10(16)13-5-7-1-3-8(4-2-7)15(17)18/h1-4,6H,5H2,(H2,12,14)(H,13,16). The highest BCUT2D eigenvalue weighted by Crippen LogP contribution is 2.13. The van der Waals surface area contributed by atoms with Crippen LogP contribution in [0.5, 0.6) is 0 Å². The van der Waals surface area contributed by atoms with Crippen molar-refractivity contribution in [3.05, 3.63) is 51.0 Å². The first kappa shape index (κ1) is 13.0. The zero-order valence-electron chi connectivity index (χ0n) is 9.70. The van der Waals surface area contributed by atoms with Gasteiger partial charge >= 0.3 is 0 Å². The molecule has 0 saturated heterocycles. The Kier molecular flexibility index (Phi) is 3.71. The molecule has 0 aliphatic rings. The van der Waals surface area contributed by atoms with E-state index in [0.29, 0.717) is 5.13 Å². The van der Waals surface area contributed by atoms with Crippen LogP contribution in [-0.4, -0.2) is 15.8 Å². The molecule has 98 valence electrons. The lowest BCUT2D eigenvalue weighted by Crippen LogP contribution is -2.23. The van der Waals surface area contributed by atoms with Crippen molar-refractivity contribution in [1.82, 2.24) is 10.3 Å². The number of thiazole rings is 1. The zero-order chi connectivity index (χ0) is 13.8. The van der Waals surface area contributed by atoms with Gasteiger partial charge in [0.1, 0.15) is 5.69 Å². The molecule has 0 atom stereocenters. The van der Waals surface area contributed by atoms with Gasteiger partial charge in [0.05, 0.1) is 4.92 Å². The molecule has 8 heteroatoms. The van der Waals surface area contributed by atoms with Crippen molar-refractivity contribution in [3.63, 3.8) is 0 Å². The minimum atomic E-state index is -0.472. The summed E-state index contributed by atoms with van der Waals surface area (Å²) < 4.78 is 0. The number of nitrogen functional groups attached to an aromatic ring is 1. The molecule has 0 radical (unpaired) electrons. The number of benzene rings is 1. The van der Waals surface area contributed by atoms with Crippen LogP contribution in [-0.2, 0) is 6.54 Å². The maximum absolute atomic E-state index is 11.7. The monoisotopic (exact) mass is 278 g/mol. The number of nitro benzene ring substituents is 1. The molecule has 2 aromatic rings. The minimum absolute atomic E-state index is 0.0161. The molecule has 7 nitrogen and oxygen atoms in total. The van der Waals surface area contributed by atoms with E-state index in [1.807, 2.05) is 0 Å². The van der Waals surface area contributed by atoms with Gasteiger partial charge in [-0.3, -0.25) is 14.9 Å². The van der Waals surface area contributed by atoms with E-state index in [9.17, 15) is 14.9 Å². The lowest BCUT2D eigenvalue weighted by atomic mass is 10.2. The number of hydrogen-bond acceptors (Lipinski definition) is 6. The first-order chi connectivity index (χ1) is 9.06. The van der Waals surface area contributed by atoms with Gasteiger partial charge in [-0.15, -0.1) is 11.3 Å². The molecule has 0 unspecified atom stereocenters. The summed E-state index contributed by atoms with van der Waals surface area (Å²) in [5, 5.41) is 15.0. The Morgan fingerprint density at radius 1 is 1.42 bits per heavy atom. The summed E-state index contributed by atoms with van der Waals surface area (Å²) in [6.07, 6.45) is 0. The van der Waals surface area contributed by atoms with Crippen molar-refractivity contribution < 1.29 is 9.72 Å². The Bertz CT molecular complexity index is 609. The molecule has 3 N–H and O–H groups in total. The third-order valence-corrected chi connectivity index (χ3v) is 3.03. The van der Waals surface area contributed by atoms with Crippen molar-refractivity contribution >= 4 is 28.1 Å². The Morgan fingerprint density at radius 2 is 2.11 bits per heavy atom. The number of amides is 1. The molecule has 19 heavy (non-hydrogen) atoms. The SMILES string of the molecule is Nc1nc(C(=O)NCc2ccc([N+](=O)[O-])cc2)cs1. The number of non-ortho nitro benzene ring substituents is 1. The molecule has 1 heterocycles. The summed E-state index contributed by atoms with van der Waals surface area (Å²) >= 11 is 1.19. The van der Waals surface area contributed by atoms with Gasteiger partial charge in [0.15, 0.2) is 5.13 Å². The first-order valence-electron chi connectivity index (χ1n) is 5.29. The number of nitrogens with zero attached hydrogens (tertiary/aromatic N) is 2. The second-order valence-corrected chi connectivity index (χ2v) is 4.57. The van der Waals surface area contributed by atoms with Gasteiger partial charge in [0, 0.05) is 24.1 Å². The van der Waals surface area contributed by atoms with Gasteiger partial charge < -0.3 is 11.1 Å². The van der Waals surface area contributed by atoms with E-state index in [1.165, 1.54) is 23.5 Å². The molecule has 0 aliphatic carbocycles. The number of carbonyl (C=O) groups excluding carboxylic acids is 1. The van der Waals surface area contributed by atoms with Crippen molar-refractivity contribution in [1.29, 1.82) is 0 Å². The van der Waals surface area contributed by atoms with Gasteiger partial charge in [0.25, 0.3) is 11.6 Å². The van der Waals surface area contributed by atoms with Crippen LogP contribution in [0.25, 0.3) is 0 Å². The van der Waals surface area contributed by atoms with Crippen molar-refractivity contribution in [2.75, 3.05) is 5.73 Å². The van der Waals surface area contributed by atoms with E-state index in [4.69, 9.17) is 5.73 Å². The number of nitro groups is 1. The van der Waals surface area contributed by atoms with E-state index in [0.717, 1.165) is 5.56 Å². The average molecular weight is 278 g/mol. The highest BCUT2D eigenvalue weighted by atomic mass is 32.1. The number of hydrogen-bond donors (Lipinski definition) is 2. The summed E-state index contributed by atoms with van der Waals surface area (Å²) in [7, 11) is 0. The molecule has 0 aliphatic heterocycles. The van der Waals surface area contributed by atoms with Crippen LogP contribution in [0, 0.1) is 10.1 Å². The fourth-order valence-electron chi connectivity index (χ4n) is 1.40. The maximum atomic E-state index is 11.7. The molecule has 2 rings (SSSR count). The maximum Gasteiger partial charge on any atom is 0.271 e. The topological polar surface area (TPSA) is 111 Å². The molecule has 0 spiro atoms. The normalized spacial score (nSPS) is 10.1. The fraction of sp³-hybridized carbons (Fsp3) is 0.0909. The summed E-state index contributed by atoms with van der Waals surface area (Å²) in [5.41, 5.74) is 6.48. The Labute approximate surface area is 112 Å². The molecule has 1 amide bonds. The Hall–Kier alpha value is -2.48. The number of nitrogens with one attached hydrogen (secondary N) is 1. The number of rotatable bonds is 4. The largest absolute Gasteiger partial charge is 0.375 e. The average Bonchev–Trinajstić information content (AvgIpc) is 2.83. The Balaban J connectivity index is 1.95. The predicted molar refractivity (Wildman–Crippen MR) is 70.8 cm³/mol. The summed E-state index contributed by atoms with van der Waals surface area (Å²) in [5.74, 6) is -0.327. The summed E-state index contributed by atoms with van der Waals surface area (Å²) in [6, 6.07) is 5.96. The van der Waals surface area contributed by atoms with Crippen molar-refractivity contribution in [3.8, 4) is 0 Å². The second kappa shape index (κ2) is 5.44. The second-order valence-electron chi connectivity index (χ2n) is 3.68. The lowest BCUT2D eigenvalue weighted by Gasteiger charge is -2.03. The van der Waals surface area contributed by atoms with Crippen LogP contribution in [0.1, 0.15) is 16.1 Å². The number of nitrogens with two attached hydrogens (primary N) is 1. The van der Waals surface area contributed by atoms with Crippen LogP contribution >= 0.6 is 11.3 Å². The highest BCUT2D eigenvalue weighted by molar-refractivity contribution is 7.13. The zero-order valence-corrected chi connectivity index (χ0v) is 10.5. The molecular weight excluding hydrogens is 268 g/mol. The van der Waals surface area contributed by atoms with Crippen molar-refractivity contribution in [2.45, 2.75) is 6.54 Å². The first-order valence-corrected chi connectivity index (χ1v) is 6.17. The molecule has 1 aromatic carbocycles. The third-order valence-electron chi connectivity index (χ3n) is 2.35.